The van der Waals surface area contributed by atoms with Crippen molar-refractivity contribution in [1.82, 2.24) is 15.1 Å². The quantitative estimate of drug-likeness (QED) is 0.790. The Kier molecular flexibility index (Phi) is 3.51. The zero-order valence-corrected chi connectivity index (χ0v) is 11.5. The van der Waals surface area contributed by atoms with Crippen molar-refractivity contribution < 1.29 is 9.26 Å². The fourth-order valence-electron chi connectivity index (χ4n) is 1.96. The molecule has 3 rings (SSSR count). The van der Waals surface area contributed by atoms with E-state index in [1.54, 1.807) is 25.6 Å². The molecule has 106 valence electrons. The Labute approximate surface area is 121 Å². The largest absolute Gasteiger partial charge is 0.497 e. The number of rotatable bonds is 4. The molecule has 0 bridgehead atoms. The van der Waals surface area contributed by atoms with Crippen molar-refractivity contribution in [2.75, 3.05) is 12.8 Å². The Hall–Kier alpha value is -2.89. The lowest BCUT2D eigenvalue weighted by Gasteiger charge is -2.00. The Morgan fingerprint density at radius 3 is 2.71 bits per heavy atom. The van der Waals surface area contributed by atoms with Gasteiger partial charge in [-0.15, -0.1) is 0 Å². The van der Waals surface area contributed by atoms with Crippen LogP contribution in [0.25, 0.3) is 11.5 Å². The Morgan fingerprint density at radius 2 is 2.00 bits per heavy atom. The van der Waals surface area contributed by atoms with Gasteiger partial charge in [0.2, 0.25) is 0 Å². The van der Waals surface area contributed by atoms with E-state index in [1.165, 1.54) is 0 Å². The number of nitrogens with zero attached hydrogens (tertiary/aromatic N) is 3. The summed E-state index contributed by atoms with van der Waals surface area (Å²) in [6.45, 7) is 0. The van der Waals surface area contributed by atoms with Crippen LogP contribution >= 0.6 is 0 Å². The van der Waals surface area contributed by atoms with Gasteiger partial charge < -0.3 is 15.0 Å². The number of pyridine rings is 1. The topological polar surface area (TPSA) is 87.1 Å². The first-order valence-electron chi connectivity index (χ1n) is 6.41. The first kappa shape index (κ1) is 13.1. The summed E-state index contributed by atoms with van der Waals surface area (Å²) in [7, 11) is 1.64. The average Bonchev–Trinajstić information content (AvgIpc) is 2.97. The van der Waals surface area contributed by atoms with Crippen LogP contribution in [0, 0.1) is 0 Å². The second-order valence-corrected chi connectivity index (χ2v) is 4.50. The number of benzene rings is 1. The van der Waals surface area contributed by atoms with E-state index in [-0.39, 0.29) is 0 Å². The highest BCUT2D eigenvalue weighted by Crippen LogP contribution is 2.23. The average molecular weight is 282 g/mol. The van der Waals surface area contributed by atoms with Gasteiger partial charge in [0.05, 0.1) is 24.6 Å². The lowest BCUT2D eigenvalue weighted by Crippen LogP contribution is -1.93. The number of hydrogen-bond donors (Lipinski definition) is 1. The number of nitrogen functional groups attached to an aromatic ring is 1. The standard InChI is InChI=1S/C15H14N4O2/c1-20-11-4-2-10(3-5-11)8-14-18-15(21-19-14)12-6-7-17-9-13(12)16/h2-7,9H,8,16H2,1H3. The summed E-state index contributed by atoms with van der Waals surface area (Å²) in [6, 6.07) is 9.49. The van der Waals surface area contributed by atoms with E-state index >= 15 is 0 Å². The molecule has 21 heavy (non-hydrogen) atoms. The van der Waals surface area contributed by atoms with Crippen molar-refractivity contribution in [3.05, 3.63) is 54.1 Å². The first-order chi connectivity index (χ1) is 10.3. The van der Waals surface area contributed by atoms with E-state index in [0.29, 0.717) is 29.4 Å². The minimum absolute atomic E-state index is 0.401. The van der Waals surface area contributed by atoms with Crippen molar-refractivity contribution in [1.29, 1.82) is 0 Å². The Bertz CT molecular complexity index is 737. The molecule has 0 radical (unpaired) electrons. The highest BCUT2D eigenvalue weighted by molar-refractivity contribution is 5.68. The molecular formula is C15H14N4O2. The van der Waals surface area contributed by atoms with E-state index in [2.05, 4.69) is 15.1 Å². The monoisotopic (exact) mass is 282 g/mol. The molecule has 2 heterocycles. The number of hydrogen-bond acceptors (Lipinski definition) is 6. The summed E-state index contributed by atoms with van der Waals surface area (Å²) in [4.78, 5) is 8.30. The maximum absolute atomic E-state index is 5.84. The highest BCUT2D eigenvalue weighted by atomic mass is 16.5. The maximum Gasteiger partial charge on any atom is 0.260 e. The van der Waals surface area contributed by atoms with Crippen molar-refractivity contribution in [3.8, 4) is 17.2 Å². The minimum atomic E-state index is 0.401. The summed E-state index contributed by atoms with van der Waals surface area (Å²) in [5.41, 5.74) is 8.12. The van der Waals surface area contributed by atoms with Crippen LogP contribution in [0.4, 0.5) is 5.69 Å². The molecule has 6 nitrogen and oxygen atoms in total. The molecule has 0 amide bonds. The summed E-state index contributed by atoms with van der Waals surface area (Å²) >= 11 is 0. The molecule has 0 fully saturated rings. The van der Waals surface area contributed by atoms with Crippen LogP contribution in [-0.2, 0) is 6.42 Å². The first-order valence-corrected chi connectivity index (χ1v) is 6.41. The van der Waals surface area contributed by atoms with E-state index in [9.17, 15) is 0 Å². The molecule has 0 aliphatic rings. The number of methoxy groups -OCH3 is 1. The predicted molar refractivity (Wildman–Crippen MR) is 77.7 cm³/mol. The van der Waals surface area contributed by atoms with Crippen LogP contribution in [0.1, 0.15) is 11.4 Å². The van der Waals surface area contributed by atoms with Gasteiger partial charge in [-0.25, -0.2) is 0 Å². The SMILES string of the molecule is COc1ccc(Cc2noc(-c3ccncc3N)n2)cc1. The van der Waals surface area contributed by atoms with Crippen molar-refractivity contribution in [2.24, 2.45) is 0 Å². The molecule has 0 unspecified atom stereocenters. The Balaban J connectivity index is 1.80. The third kappa shape index (κ3) is 2.84. The van der Waals surface area contributed by atoms with Gasteiger partial charge in [-0.1, -0.05) is 17.3 Å². The fourth-order valence-corrected chi connectivity index (χ4v) is 1.96. The second-order valence-electron chi connectivity index (χ2n) is 4.50. The van der Waals surface area contributed by atoms with E-state index < -0.39 is 0 Å². The molecule has 6 heteroatoms. The number of ether oxygens (including phenoxy) is 1. The normalized spacial score (nSPS) is 10.5. The molecule has 0 aliphatic carbocycles. The number of aromatic nitrogens is 3. The van der Waals surface area contributed by atoms with Crippen LogP contribution in [0.5, 0.6) is 5.75 Å². The van der Waals surface area contributed by atoms with E-state index in [1.807, 2.05) is 24.3 Å². The summed E-state index contributed by atoms with van der Waals surface area (Å²) in [6.07, 6.45) is 3.78. The Morgan fingerprint density at radius 1 is 1.19 bits per heavy atom. The molecule has 0 saturated heterocycles. The van der Waals surface area contributed by atoms with Gasteiger partial charge in [-0.05, 0) is 23.8 Å². The fraction of sp³-hybridized carbons (Fsp3) is 0.133. The van der Waals surface area contributed by atoms with Crippen molar-refractivity contribution in [2.45, 2.75) is 6.42 Å². The summed E-state index contributed by atoms with van der Waals surface area (Å²) < 4.78 is 10.4. The van der Waals surface area contributed by atoms with E-state index in [0.717, 1.165) is 11.3 Å². The second kappa shape index (κ2) is 5.62. The third-order valence-electron chi connectivity index (χ3n) is 3.07. The van der Waals surface area contributed by atoms with Crippen LogP contribution in [0.15, 0.2) is 47.2 Å². The molecule has 2 aromatic heterocycles. The molecule has 1 aromatic carbocycles. The van der Waals surface area contributed by atoms with Crippen LogP contribution < -0.4 is 10.5 Å². The van der Waals surface area contributed by atoms with Gasteiger partial charge in [0.25, 0.3) is 5.89 Å². The lowest BCUT2D eigenvalue weighted by atomic mass is 10.1. The van der Waals surface area contributed by atoms with Gasteiger partial charge in [-0.3, -0.25) is 4.98 Å². The molecular weight excluding hydrogens is 268 g/mol. The zero-order chi connectivity index (χ0) is 14.7. The molecule has 0 aliphatic heterocycles. The third-order valence-corrected chi connectivity index (χ3v) is 3.07. The highest BCUT2D eigenvalue weighted by Gasteiger charge is 2.11. The predicted octanol–water partition coefficient (Wildman–Crippen LogP) is 2.31. The van der Waals surface area contributed by atoms with Crippen molar-refractivity contribution >= 4 is 5.69 Å². The number of nitrogens with two attached hydrogens (primary N) is 1. The molecule has 0 spiro atoms. The summed E-state index contributed by atoms with van der Waals surface area (Å²) in [5, 5.41) is 3.98. The molecule has 0 atom stereocenters. The van der Waals surface area contributed by atoms with Crippen LogP contribution in [0.3, 0.4) is 0 Å². The smallest absolute Gasteiger partial charge is 0.260 e. The lowest BCUT2D eigenvalue weighted by molar-refractivity contribution is 0.414. The van der Waals surface area contributed by atoms with Gasteiger partial charge in [0.15, 0.2) is 5.82 Å². The van der Waals surface area contributed by atoms with Gasteiger partial charge in [0, 0.05) is 12.6 Å². The van der Waals surface area contributed by atoms with Gasteiger partial charge in [0.1, 0.15) is 5.75 Å². The molecule has 3 aromatic rings. The minimum Gasteiger partial charge on any atom is -0.497 e. The van der Waals surface area contributed by atoms with Crippen LogP contribution in [0.2, 0.25) is 0 Å². The molecule has 2 N–H and O–H groups in total. The summed E-state index contributed by atoms with van der Waals surface area (Å²) in [5.74, 6) is 1.82. The number of anilines is 1. The maximum atomic E-state index is 5.84. The van der Waals surface area contributed by atoms with Gasteiger partial charge in [-0.2, -0.15) is 4.98 Å². The van der Waals surface area contributed by atoms with Crippen molar-refractivity contribution in [3.63, 3.8) is 0 Å². The van der Waals surface area contributed by atoms with E-state index in [4.69, 9.17) is 15.0 Å². The van der Waals surface area contributed by atoms with Crippen LogP contribution in [-0.4, -0.2) is 22.2 Å². The zero-order valence-electron chi connectivity index (χ0n) is 11.5. The van der Waals surface area contributed by atoms with Gasteiger partial charge >= 0.3 is 0 Å². The molecule has 0 saturated carbocycles.